The Balaban J connectivity index is 2.05. The molecule has 2 atom stereocenters. The number of carbonyl (C=O) groups excluding carboxylic acids is 1. The maximum atomic E-state index is 12.4. The van der Waals surface area contributed by atoms with Crippen molar-refractivity contribution in [2.24, 2.45) is 0 Å². The molecule has 0 aromatic heterocycles. The zero-order chi connectivity index (χ0) is 26.3. The second-order valence-corrected chi connectivity index (χ2v) is 12.5. The first-order valence-corrected chi connectivity index (χ1v) is 16.8. The Morgan fingerprint density at radius 3 is 1.89 bits per heavy atom. The van der Waals surface area contributed by atoms with Gasteiger partial charge >= 0.3 is 13.6 Å². The molecular weight excluding hydrogens is 477 g/mol. The maximum Gasteiger partial charge on any atom is 0.333 e. The van der Waals surface area contributed by atoms with Gasteiger partial charge in [-0.25, -0.2) is 0 Å². The molecule has 2 unspecified atom stereocenters. The molecule has 0 saturated carbocycles. The summed E-state index contributed by atoms with van der Waals surface area (Å²) in [6.07, 6.45) is 20.5. The summed E-state index contributed by atoms with van der Waals surface area (Å²) in [6.45, 7) is 7.45. The van der Waals surface area contributed by atoms with Crippen LogP contribution in [0.3, 0.4) is 0 Å². The molecule has 0 bridgehead atoms. The molecule has 36 heavy (non-hydrogen) atoms. The molecule has 0 aromatic carbocycles. The maximum absolute atomic E-state index is 12.4. The molecule has 8 heteroatoms. The van der Waals surface area contributed by atoms with Gasteiger partial charge in [0.25, 0.3) is 0 Å². The Morgan fingerprint density at radius 2 is 1.36 bits per heavy atom. The van der Waals surface area contributed by atoms with Crippen LogP contribution in [0.4, 0.5) is 0 Å². The van der Waals surface area contributed by atoms with Crippen LogP contribution in [0, 0.1) is 0 Å². The van der Waals surface area contributed by atoms with Crippen molar-refractivity contribution in [1.29, 1.82) is 0 Å². The quantitative estimate of drug-likeness (QED) is 0.0890. The highest BCUT2D eigenvalue weighted by Gasteiger charge is 2.27. The average molecular weight is 535 g/mol. The van der Waals surface area contributed by atoms with Crippen LogP contribution in [-0.4, -0.2) is 62.6 Å². The van der Waals surface area contributed by atoms with Crippen LogP contribution in [0.1, 0.15) is 123 Å². The molecule has 214 valence electrons. The van der Waals surface area contributed by atoms with Crippen LogP contribution in [0.2, 0.25) is 0 Å². The zero-order valence-corrected chi connectivity index (χ0v) is 24.4. The minimum atomic E-state index is -3.69. The standard InChI is InChI=1S/C28H56NO6P/c1-3-5-6-7-8-9-10-11-12-13-14-15-16-19-23-33-25-27(35-28(30)4-2)26-34-36(31,32)24-22-29-20-17-18-21-29/h27H,3-26H2,1-2H3,(H,31,32)/p+1. The number of esters is 1. The number of nitrogens with one attached hydrogen (secondary N) is 1. The summed E-state index contributed by atoms with van der Waals surface area (Å²) >= 11 is 0. The molecule has 1 fully saturated rings. The molecule has 0 amide bonds. The van der Waals surface area contributed by atoms with Crippen LogP contribution in [0.15, 0.2) is 0 Å². The zero-order valence-electron chi connectivity index (χ0n) is 23.5. The van der Waals surface area contributed by atoms with Crippen molar-refractivity contribution in [3.05, 3.63) is 0 Å². The lowest BCUT2D eigenvalue weighted by atomic mass is 10.0. The van der Waals surface area contributed by atoms with Crippen molar-refractivity contribution >= 4 is 13.6 Å². The number of hydrogen-bond acceptors (Lipinski definition) is 5. The van der Waals surface area contributed by atoms with E-state index in [1.54, 1.807) is 6.92 Å². The molecule has 1 saturated heterocycles. The lowest BCUT2D eigenvalue weighted by Gasteiger charge is -2.20. The Morgan fingerprint density at radius 1 is 0.833 bits per heavy atom. The van der Waals surface area contributed by atoms with Gasteiger partial charge in [-0.1, -0.05) is 97.3 Å². The number of ether oxygens (including phenoxy) is 2. The van der Waals surface area contributed by atoms with Crippen molar-refractivity contribution < 1.29 is 33.2 Å². The third-order valence-corrected chi connectivity index (χ3v) is 8.39. The second-order valence-electron chi connectivity index (χ2n) is 10.5. The molecule has 0 radical (unpaired) electrons. The van der Waals surface area contributed by atoms with Crippen molar-refractivity contribution in [3.8, 4) is 0 Å². The summed E-state index contributed by atoms with van der Waals surface area (Å²) in [7, 11) is -3.69. The minimum absolute atomic E-state index is 0.104. The Labute approximate surface area is 221 Å². The van der Waals surface area contributed by atoms with Crippen LogP contribution in [0.25, 0.3) is 0 Å². The summed E-state index contributed by atoms with van der Waals surface area (Å²) in [5.41, 5.74) is 0. The molecule has 0 aliphatic carbocycles. The third-order valence-electron chi connectivity index (χ3n) is 7.05. The summed E-state index contributed by atoms with van der Waals surface area (Å²) in [5, 5.41) is 0. The molecule has 1 aliphatic rings. The fraction of sp³-hybridized carbons (Fsp3) is 0.964. The number of unbranched alkanes of at least 4 members (excludes halogenated alkanes) is 13. The van der Waals surface area contributed by atoms with E-state index in [0.717, 1.165) is 25.9 Å². The smallest absolute Gasteiger partial charge is 0.333 e. The van der Waals surface area contributed by atoms with Gasteiger partial charge in [-0.15, -0.1) is 0 Å². The molecule has 1 heterocycles. The highest BCUT2D eigenvalue weighted by molar-refractivity contribution is 7.52. The van der Waals surface area contributed by atoms with Gasteiger partial charge in [0.15, 0.2) is 0 Å². The molecule has 1 aliphatic heterocycles. The third kappa shape index (κ3) is 19.6. The fourth-order valence-electron chi connectivity index (χ4n) is 4.69. The minimum Gasteiger partial charge on any atom is -0.457 e. The van der Waals surface area contributed by atoms with E-state index in [1.807, 2.05) is 0 Å². The first-order valence-electron chi connectivity index (χ1n) is 15.0. The van der Waals surface area contributed by atoms with Crippen LogP contribution in [0.5, 0.6) is 0 Å². The van der Waals surface area contributed by atoms with Crippen LogP contribution >= 0.6 is 7.60 Å². The van der Waals surface area contributed by atoms with E-state index in [9.17, 15) is 14.3 Å². The normalized spacial score (nSPS) is 16.8. The predicted octanol–water partition coefficient (Wildman–Crippen LogP) is 5.69. The van der Waals surface area contributed by atoms with Gasteiger partial charge < -0.3 is 23.8 Å². The number of rotatable bonds is 25. The summed E-state index contributed by atoms with van der Waals surface area (Å²) in [6, 6.07) is 0. The highest BCUT2D eigenvalue weighted by atomic mass is 31.2. The molecule has 0 spiro atoms. The van der Waals surface area contributed by atoms with Gasteiger partial charge in [0.2, 0.25) is 0 Å². The van der Waals surface area contributed by atoms with Gasteiger partial charge in [-0.2, -0.15) is 0 Å². The Bertz CT molecular complexity index is 570. The summed E-state index contributed by atoms with van der Waals surface area (Å²) < 4.78 is 28.8. The number of hydrogen-bond donors (Lipinski definition) is 2. The van der Waals surface area contributed by atoms with E-state index in [2.05, 4.69) is 6.92 Å². The number of likely N-dealkylation sites (tertiary alicyclic amines) is 1. The van der Waals surface area contributed by atoms with Gasteiger partial charge in [0.05, 0.1) is 39.0 Å². The van der Waals surface area contributed by atoms with Crippen molar-refractivity contribution in [3.63, 3.8) is 0 Å². The van der Waals surface area contributed by atoms with Gasteiger partial charge in [0.1, 0.15) is 6.10 Å². The van der Waals surface area contributed by atoms with E-state index in [4.69, 9.17) is 14.0 Å². The lowest BCUT2D eigenvalue weighted by molar-refractivity contribution is -0.884. The van der Waals surface area contributed by atoms with E-state index in [-0.39, 0.29) is 31.8 Å². The monoisotopic (exact) mass is 534 g/mol. The predicted molar refractivity (Wildman–Crippen MR) is 147 cm³/mol. The average Bonchev–Trinajstić information content (AvgIpc) is 3.39. The van der Waals surface area contributed by atoms with Gasteiger partial charge in [-0.05, 0) is 6.42 Å². The van der Waals surface area contributed by atoms with E-state index in [1.165, 1.54) is 94.8 Å². The van der Waals surface area contributed by atoms with E-state index >= 15 is 0 Å². The molecular formula is C28H57NO6P+. The second kappa shape index (κ2) is 22.5. The first-order chi connectivity index (χ1) is 17.5. The van der Waals surface area contributed by atoms with Gasteiger partial charge in [0, 0.05) is 25.9 Å². The summed E-state index contributed by atoms with van der Waals surface area (Å²) in [4.78, 5) is 23.3. The Hall–Kier alpha value is -0.460. The van der Waals surface area contributed by atoms with Crippen molar-refractivity contribution in [1.82, 2.24) is 0 Å². The SMILES string of the molecule is CCCCCCCCCCCCCCCCOCC(COP(=O)(O)CC[NH+]1CCCC1)OC(=O)CC. The van der Waals surface area contributed by atoms with Crippen molar-refractivity contribution in [2.45, 2.75) is 129 Å². The topological polar surface area (TPSA) is 86.5 Å². The number of carbonyl (C=O) groups is 1. The van der Waals surface area contributed by atoms with Crippen molar-refractivity contribution in [2.75, 3.05) is 45.6 Å². The highest BCUT2D eigenvalue weighted by Crippen LogP contribution is 2.41. The van der Waals surface area contributed by atoms with Crippen LogP contribution in [-0.2, 0) is 23.4 Å². The largest absolute Gasteiger partial charge is 0.457 e. The van der Waals surface area contributed by atoms with E-state index < -0.39 is 13.7 Å². The molecule has 2 N–H and O–H groups in total. The first kappa shape index (κ1) is 33.6. The fourth-order valence-corrected chi connectivity index (χ4v) is 5.81. The van der Waals surface area contributed by atoms with E-state index in [0.29, 0.717) is 13.2 Å². The molecule has 0 aromatic rings. The lowest BCUT2D eigenvalue weighted by Crippen LogP contribution is -3.10. The Kier molecular flexibility index (Phi) is 21.0. The van der Waals surface area contributed by atoms with Gasteiger partial charge in [-0.3, -0.25) is 9.36 Å². The number of quaternary nitrogens is 1. The summed E-state index contributed by atoms with van der Waals surface area (Å²) in [5.74, 6) is -0.349. The molecule has 7 nitrogen and oxygen atoms in total. The van der Waals surface area contributed by atoms with Crippen LogP contribution < -0.4 is 4.90 Å². The molecule has 1 rings (SSSR count).